The van der Waals surface area contributed by atoms with Crippen molar-refractivity contribution in [3.05, 3.63) is 0 Å². The van der Waals surface area contributed by atoms with Gasteiger partial charge < -0.3 is 20.9 Å². The van der Waals surface area contributed by atoms with E-state index in [0.29, 0.717) is 30.7 Å². The summed E-state index contributed by atoms with van der Waals surface area (Å²) in [6.45, 7) is 29.5. The molecule has 0 fully saturated rings. The van der Waals surface area contributed by atoms with Crippen LogP contribution < -0.4 is 16.0 Å². The fourth-order valence-electron chi connectivity index (χ4n) is 5.07. The summed E-state index contributed by atoms with van der Waals surface area (Å²) in [4.78, 5) is 27.0. The second-order valence-corrected chi connectivity index (χ2v) is 14.5. The monoisotopic (exact) mass is 525 g/mol. The fraction of sp³-hybridized carbons (Fsp3) is 0.935. The normalized spacial score (nSPS) is 15.9. The Morgan fingerprint density at radius 2 is 1.32 bits per heavy atom. The lowest BCUT2D eigenvalue weighted by Gasteiger charge is -2.39. The third kappa shape index (κ3) is 16.4. The molecule has 0 aromatic heterocycles. The molecule has 0 radical (unpaired) electrons. The van der Waals surface area contributed by atoms with E-state index in [4.69, 9.17) is 0 Å². The largest absolute Gasteiger partial charge is 0.356 e. The number of amides is 2. The highest BCUT2D eigenvalue weighted by Gasteiger charge is 2.33. The molecule has 37 heavy (non-hydrogen) atoms. The summed E-state index contributed by atoms with van der Waals surface area (Å²) in [7, 11) is 2.04. The van der Waals surface area contributed by atoms with E-state index in [-0.39, 0.29) is 28.1 Å². The Morgan fingerprint density at radius 3 is 1.84 bits per heavy atom. The first-order valence-corrected chi connectivity index (χ1v) is 14.8. The number of likely N-dealkylation sites (N-methyl/N-ethyl adjacent to an activating group) is 1. The number of carbonyl (C=O) groups excluding carboxylic acids is 2. The van der Waals surface area contributed by atoms with Crippen LogP contribution in [0.5, 0.6) is 0 Å². The molecule has 0 aliphatic heterocycles. The van der Waals surface area contributed by atoms with Crippen LogP contribution in [-0.4, -0.2) is 63.0 Å². The van der Waals surface area contributed by atoms with Crippen LogP contribution in [0.4, 0.5) is 0 Å². The van der Waals surface area contributed by atoms with Crippen LogP contribution in [0.15, 0.2) is 0 Å². The van der Waals surface area contributed by atoms with Gasteiger partial charge in [0.05, 0.1) is 0 Å². The average molecular weight is 525 g/mol. The van der Waals surface area contributed by atoms with E-state index >= 15 is 0 Å². The van der Waals surface area contributed by atoms with E-state index in [2.05, 4.69) is 97.0 Å². The average Bonchev–Trinajstić information content (AvgIpc) is 2.78. The minimum Gasteiger partial charge on any atom is -0.356 e. The zero-order valence-corrected chi connectivity index (χ0v) is 26.8. The first-order valence-electron chi connectivity index (χ1n) is 14.8. The highest BCUT2D eigenvalue weighted by molar-refractivity contribution is 5.76. The summed E-state index contributed by atoms with van der Waals surface area (Å²) in [5.74, 6) is 0.747. The zero-order chi connectivity index (χ0) is 28.9. The summed E-state index contributed by atoms with van der Waals surface area (Å²) < 4.78 is 0. The summed E-state index contributed by atoms with van der Waals surface area (Å²) in [5, 5.41) is 9.72. The lowest BCUT2D eigenvalue weighted by Crippen LogP contribution is -2.42. The maximum absolute atomic E-state index is 12.5. The molecule has 0 saturated heterocycles. The molecule has 220 valence electrons. The molecule has 0 heterocycles. The van der Waals surface area contributed by atoms with Crippen molar-refractivity contribution in [2.24, 2.45) is 27.6 Å². The highest BCUT2D eigenvalue weighted by atomic mass is 16.2. The van der Waals surface area contributed by atoms with Gasteiger partial charge in [-0.25, -0.2) is 0 Å². The molecule has 0 aromatic rings. The molecule has 6 nitrogen and oxygen atoms in total. The molecule has 2 atom stereocenters. The summed E-state index contributed by atoms with van der Waals surface area (Å²) >= 11 is 0. The molecule has 0 rings (SSSR count). The molecule has 0 aliphatic carbocycles. The number of carbonyl (C=O) groups is 2. The Morgan fingerprint density at radius 1 is 0.757 bits per heavy atom. The van der Waals surface area contributed by atoms with Crippen molar-refractivity contribution in [1.29, 1.82) is 0 Å². The predicted molar refractivity (Wildman–Crippen MR) is 160 cm³/mol. The molecular weight excluding hydrogens is 460 g/mol. The zero-order valence-electron chi connectivity index (χ0n) is 26.8. The van der Waals surface area contributed by atoms with Gasteiger partial charge in [0.25, 0.3) is 0 Å². The van der Waals surface area contributed by atoms with E-state index in [1.807, 2.05) is 7.05 Å². The molecule has 3 N–H and O–H groups in total. The standard InChI is InChI=1S/C31H64N4O2/c1-13-29(8,9)22-30(10,14-2)23-33-26(36)15-17-32-18-20-35(12)19-16-27(37)34-24-31(11,25(3)4)21-28(5,6)7/h25,32H,13-24H2,1-12H3,(H,33,36)(H,34,37). The van der Waals surface area contributed by atoms with Gasteiger partial charge in [-0.3, -0.25) is 9.59 Å². The number of hydrogen-bond donors (Lipinski definition) is 3. The minimum atomic E-state index is 0.0945. The van der Waals surface area contributed by atoms with Crippen molar-refractivity contribution >= 4 is 11.8 Å². The Hall–Kier alpha value is -1.14. The van der Waals surface area contributed by atoms with Crippen molar-refractivity contribution in [2.75, 3.05) is 46.3 Å². The van der Waals surface area contributed by atoms with E-state index in [1.165, 1.54) is 0 Å². The fourth-order valence-corrected chi connectivity index (χ4v) is 5.07. The maximum atomic E-state index is 12.5. The molecule has 0 bridgehead atoms. The summed E-state index contributed by atoms with van der Waals surface area (Å²) in [6, 6.07) is 0. The van der Waals surface area contributed by atoms with Crippen molar-refractivity contribution < 1.29 is 9.59 Å². The van der Waals surface area contributed by atoms with E-state index in [9.17, 15) is 9.59 Å². The Bertz CT molecular complexity index is 671. The maximum Gasteiger partial charge on any atom is 0.221 e. The van der Waals surface area contributed by atoms with Crippen LogP contribution >= 0.6 is 0 Å². The van der Waals surface area contributed by atoms with Gasteiger partial charge in [-0.05, 0) is 53.9 Å². The van der Waals surface area contributed by atoms with Crippen LogP contribution in [0.25, 0.3) is 0 Å². The predicted octanol–water partition coefficient (Wildman–Crippen LogP) is 5.86. The van der Waals surface area contributed by atoms with Crippen molar-refractivity contribution in [3.8, 4) is 0 Å². The van der Waals surface area contributed by atoms with Crippen molar-refractivity contribution in [2.45, 2.75) is 115 Å². The van der Waals surface area contributed by atoms with Gasteiger partial charge in [-0.15, -0.1) is 0 Å². The molecule has 0 saturated carbocycles. The van der Waals surface area contributed by atoms with E-state index < -0.39 is 0 Å². The van der Waals surface area contributed by atoms with Gasteiger partial charge in [0, 0.05) is 52.1 Å². The molecule has 2 unspecified atom stereocenters. The topological polar surface area (TPSA) is 73.5 Å². The molecule has 2 amide bonds. The van der Waals surface area contributed by atoms with Crippen LogP contribution in [0.3, 0.4) is 0 Å². The number of rotatable bonds is 19. The molecular formula is C31H64N4O2. The van der Waals surface area contributed by atoms with Gasteiger partial charge >= 0.3 is 0 Å². The van der Waals surface area contributed by atoms with Crippen molar-refractivity contribution in [3.63, 3.8) is 0 Å². The molecule has 0 aromatic carbocycles. The van der Waals surface area contributed by atoms with Gasteiger partial charge in [-0.2, -0.15) is 0 Å². The molecule has 0 aliphatic rings. The third-order valence-corrected chi connectivity index (χ3v) is 8.37. The van der Waals surface area contributed by atoms with Crippen LogP contribution in [0, 0.1) is 27.6 Å². The van der Waals surface area contributed by atoms with Gasteiger partial charge in [0.1, 0.15) is 0 Å². The van der Waals surface area contributed by atoms with Gasteiger partial charge in [0.15, 0.2) is 0 Å². The van der Waals surface area contributed by atoms with E-state index in [1.54, 1.807) is 0 Å². The minimum absolute atomic E-state index is 0.0945. The lowest BCUT2D eigenvalue weighted by atomic mass is 9.68. The van der Waals surface area contributed by atoms with Crippen LogP contribution in [-0.2, 0) is 9.59 Å². The number of nitrogens with one attached hydrogen (secondary N) is 3. The Balaban J connectivity index is 4.18. The van der Waals surface area contributed by atoms with Crippen LogP contribution in [0.1, 0.15) is 115 Å². The SMILES string of the molecule is CCC(C)(C)CC(C)(CC)CNC(=O)CCNCCN(C)CCC(=O)NCC(C)(CC(C)(C)C)C(C)C. The molecule has 0 spiro atoms. The smallest absolute Gasteiger partial charge is 0.221 e. The van der Waals surface area contributed by atoms with Crippen molar-refractivity contribution in [1.82, 2.24) is 20.9 Å². The number of nitrogens with zero attached hydrogens (tertiary/aromatic N) is 1. The number of hydrogen-bond acceptors (Lipinski definition) is 4. The van der Waals surface area contributed by atoms with E-state index in [0.717, 1.165) is 58.4 Å². The highest BCUT2D eigenvalue weighted by Crippen LogP contribution is 2.39. The Labute approximate surface area is 230 Å². The van der Waals surface area contributed by atoms with Gasteiger partial charge in [-0.1, -0.05) is 82.6 Å². The quantitative estimate of drug-likeness (QED) is 0.185. The Kier molecular flexibility index (Phi) is 15.6. The summed E-state index contributed by atoms with van der Waals surface area (Å²) in [6.07, 6.45) is 5.40. The van der Waals surface area contributed by atoms with Gasteiger partial charge in [0.2, 0.25) is 11.8 Å². The third-order valence-electron chi connectivity index (χ3n) is 8.37. The summed E-state index contributed by atoms with van der Waals surface area (Å²) in [5.41, 5.74) is 0.763. The molecule has 6 heteroatoms. The second kappa shape index (κ2) is 16.1. The van der Waals surface area contributed by atoms with Crippen LogP contribution in [0.2, 0.25) is 0 Å². The first-order chi connectivity index (χ1) is 16.9. The lowest BCUT2D eigenvalue weighted by molar-refractivity contribution is -0.122. The second-order valence-electron chi connectivity index (χ2n) is 14.5. The first kappa shape index (κ1) is 35.9.